The van der Waals surface area contributed by atoms with Gasteiger partial charge in [0.15, 0.2) is 0 Å². The normalized spacial score (nSPS) is 11.4. The van der Waals surface area contributed by atoms with E-state index < -0.39 is 0 Å². The Balaban J connectivity index is 2.28. The van der Waals surface area contributed by atoms with Crippen molar-refractivity contribution >= 4 is 33.4 Å². The molecule has 3 aromatic rings. The minimum absolute atomic E-state index is 0.178. The molecule has 3 rings (SSSR count). The summed E-state index contributed by atoms with van der Waals surface area (Å²) in [5, 5.41) is 12.0. The van der Waals surface area contributed by atoms with E-state index in [2.05, 4.69) is 17.1 Å². The van der Waals surface area contributed by atoms with E-state index in [0.717, 1.165) is 27.0 Å². The van der Waals surface area contributed by atoms with Gasteiger partial charge in [0, 0.05) is 33.4 Å². The smallest absolute Gasteiger partial charge is 0.0471 e. The monoisotopic (exact) mass is 245 g/mol. The first-order valence-electron chi connectivity index (χ1n) is 5.58. The van der Waals surface area contributed by atoms with Crippen molar-refractivity contribution in [1.29, 1.82) is 0 Å². The molecule has 0 aliphatic rings. The molecule has 1 heterocycles. The molecule has 0 saturated carbocycles. The summed E-state index contributed by atoms with van der Waals surface area (Å²) in [5.41, 5.74) is 3.32. The molecule has 0 aliphatic heterocycles. The lowest BCUT2D eigenvalue weighted by Crippen LogP contribution is -1.89. The lowest BCUT2D eigenvalue weighted by atomic mass is 10.1. The summed E-state index contributed by atoms with van der Waals surface area (Å²) in [6.07, 6.45) is 0.687. The number of aliphatic hydroxyl groups is 1. The lowest BCUT2D eigenvalue weighted by Gasteiger charge is -1.98. The number of aromatic amines is 1. The van der Waals surface area contributed by atoms with Crippen LogP contribution < -0.4 is 0 Å². The molecule has 2 aromatic carbocycles. The van der Waals surface area contributed by atoms with Crippen LogP contribution in [-0.4, -0.2) is 16.7 Å². The van der Waals surface area contributed by atoms with E-state index in [0.29, 0.717) is 6.42 Å². The molecule has 0 bridgehead atoms. The Morgan fingerprint density at radius 2 is 1.88 bits per heavy atom. The summed E-state index contributed by atoms with van der Waals surface area (Å²) >= 11 is 6.01. The molecule has 0 unspecified atom stereocenters. The van der Waals surface area contributed by atoms with Crippen LogP contribution >= 0.6 is 11.6 Å². The van der Waals surface area contributed by atoms with Crippen LogP contribution in [0.2, 0.25) is 5.02 Å². The quantitative estimate of drug-likeness (QED) is 0.712. The summed E-state index contributed by atoms with van der Waals surface area (Å²) in [7, 11) is 0. The van der Waals surface area contributed by atoms with Crippen LogP contribution in [0.5, 0.6) is 0 Å². The van der Waals surface area contributed by atoms with Crippen molar-refractivity contribution in [2.45, 2.75) is 6.42 Å². The number of hydrogen-bond donors (Lipinski definition) is 2. The Morgan fingerprint density at radius 3 is 2.71 bits per heavy atom. The molecule has 17 heavy (non-hydrogen) atoms. The predicted molar refractivity (Wildman–Crippen MR) is 71.6 cm³/mol. The fourth-order valence-corrected chi connectivity index (χ4v) is 2.38. The van der Waals surface area contributed by atoms with E-state index in [-0.39, 0.29) is 6.61 Å². The molecule has 1 aromatic heterocycles. The molecule has 0 fully saturated rings. The predicted octanol–water partition coefficient (Wildman–Crippen LogP) is 3.51. The standard InChI is InChI=1S/C14H12ClNO/c15-10-2-4-13-12(8-10)11-3-1-9(5-6-17)7-14(11)16-13/h1-4,7-8,16-17H,5-6H2. The number of aliphatic hydroxyl groups excluding tert-OH is 1. The summed E-state index contributed by atoms with van der Waals surface area (Å²) in [6.45, 7) is 0.178. The van der Waals surface area contributed by atoms with Crippen molar-refractivity contribution in [3.8, 4) is 0 Å². The maximum Gasteiger partial charge on any atom is 0.0471 e. The summed E-state index contributed by atoms with van der Waals surface area (Å²) < 4.78 is 0. The Bertz CT molecular complexity index is 687. The fraction of sp³-hybridized carbons (Fsp3) is 0.143. The van der Waals surface area contributed by atoms with Gasteiger partial charge in [0.1, 0.15) is 0 Å². The number of nitrogens with one attached hydrogen (secondary N) is 1. The van der Waals surface area contributed by atoms with E-state index >= 15 is 0 Å². The highest BCUT2D eigenvalue weighted by atomic mass is 35.5. The van der Waals surface area contributed by atoms with Gasteiger partial charge in [0.2, 0.25) is 0 Å². The molecule has 0 radical (unpaired) electrons. The summed E-state index contributed by atoms with van der Waals surface area (Å²) in [6, 6.07) is 12.1. The second-order valence-corrected chi connectivity index (χ2v) is 4.60. The SMILES string of the molecule is OCCc1ccc2c(c1)[nH]c1ccc(Cl)cc12. The van der Waals surface area contributed by atoms with Gasteiger partial charge in [-0.25, -0.2) is 0 Å². The zero-order chi connectivity index (χ0) is 11.8. The van der Waals surface area contributed by atoms with Gasteiger partial charge in [0.25, 0.3) is 0 Å². The van der Waals surface area contributed by atoms with Crippen LogP contribution in [0, 0.1) is 0 Å². The van der Waals surface area contributed by atoms with Gasteiger partial charge in [-0.1, -0.05) is 23.7 Å². The van der Waals surface area contributed by atoms with Gasteiger partial charge in [-0.05, 0) is 36.2 Å². The van der Waals surface area contributed by atoms with Crippen LogP contribution in [0.4, 0.5) is 0 Å². The minimum atomic E-state index is 0.178. The highest BCUT2D eigenvalue weighted by Gasteiger charge is 2.05. The Labute approximate surface area is 104 Å². The van der Waals surface area contributed by atoms with E-state index in [9.17, 15) is 0 Å². The van der Waals surface area contributed by atoms with Gasteiger partial charge in [-0.3, -0.25) is 0 Å². The highest BCUT2D eigenvalue weighted by molar-refractivity contribution is 6.31. The number of H-pyrrole nitrogens is 1. The van der Waals surface area contributed by atoms with Crippen molar-refractivity contribution < 1.29 is 5.11 Å². The average Bonchev–Trinajstić information content (AvgIpc) is 2.66. The molecule has 0 saturated heterocycles. The Kier molecular flexibility index (Phi) is 2.54. The van der Waals surface area contributed by atoms with E-state index in [4.69, 9.17) is 16.7 Å². The molecule has 3 heteroatoms. The van der Waals surface area contributed by atoms with E-state index in [1.165, 1.54) is 5.39 Å². The molecule has 0 spiro atoms. The van der Waals surface area contributed by atoms with Crippen molar-refractivity contribution in [3.63, 3.8) is 0 Å². The zero-order valence-electron chi connectivity index (χ0n) is 9.20. The maximum atomic E-state index is 8.94. The topological polar surface area (TPSA) is 36.0 Å². The largest absolute Gasteiger partial charge is 0.396 e. The molecule has 0 aliphatic carbocycles. The number of benzene rings is 2. The number of aromatic nitrogens is 1. The minimum Gasteiger partial charge on any atom is -0.396 e. The molecule has 2 nitrogen and oxygen atoms in total. The maximum absolute atomic E-state index is 8.94. The number of rotatable bonds is 2. The molecule has 2 N–H and O–H groups in total. The first-order valence-corrected chi connectivity index (χ1v) is 5.96. The second-order valence-electron chi connectivity index (χ2n) is 4.17. The van der Waals surface area contributed by atoms with Gasteiger partial charge in [-0.15, -0.1) is 0 Å². The third kappa shape index (κ3) is 1.79. The first kappa shape index (κ1) is 10.6. The Morgan fingerprint density at radius 1 is 1.00 bits per heavy atom. The summed E-state index contributed by atoms with van der Waals surface area (Å²) in [4.78, 5) is 3.36. The number of hydrogen-bond acceptors (Lipinski definition) is 1. The highest BCUT2D eigenvalue weighted by Crippen LogP contribution is 2.28. The van der Waals surface area contributed by atoms with Gasteiger partial charge >= 0.3 is 0 Å². The van der Waals surface area contributed by atoms with Crippen molar-refractivity contribution in [1.82, 2.24) is 4.98 Å². The van der Waals surface area contributed by atoms with Gasteiger partial charge < -0.3 is 10.1 Å². The van der Waals surface area contributed by atoms with Crippen molar-refractivity contribution in [2.24, 2.45) is 0 Å². The summed E-state index contributed by atoms with van der Waals surface area (Å²) in [5.74, 6) is 0. The van der Waals surface area contributed by atoms with Crippen LogP contribution in [0.25, 0.3) is 21.8 Å². The first-order chi connectivity index (χ1) is 8.28. The zero-order valence-corrected chi connectivity index (χ0v) is 9.96. The third-order valence-electron chi connectivity index (χ3n) is 3.03. The van der Waals surface area contributed by atoms with Gasteiger partial charge in [0.05, 0.1) is 0 Å². The Hall–Kier alpha value is -1.51. The molecular weight excluding hydrogens is 234 g/mol. The third-order valence-corrected chi connectivity index (χ3v) is 3.26. The second kappa shape index (κ2) is 4.06. The lowest BCUT2D eigenvalue weighted by molar-refractivity contribution is 0.299. The van der Waals surface area contributed by atoms with Gasteiger partial charge in [-0.2, -0.15) is 0 Å². The molecule has 0 amide bonds. The average molecular weight is 246 g/mol. The van der Waals surface area contributed by atoms with Crippen LogP contribution in [0.1, 0.15) is 5.56 Å². The van der Waals surface area contributed by atoms with Crippen molar-refractivity contribution in [3.05, 3.63) is 47.0 Å². The van der Waals surface area contributed by atoms with E-state index in [1.807, 2.05) is 24.3 Å². The molecule has 0 atom stereocenters. The number of fused-ring (bicyclic) bond motifs is 3. The molecular formula is C14H12ClNO. The van der Waals surface area contributed by atoms with Crippen LogP contribution in [0.3, 0.4) is 0 Å². The van der Waals surface area contributed by atoms with Crippen LogP contribution in [0.15, 0.2) is 36.4 Å². The number of halogens is 1. The fourth-order valence-electron chi connectivity index (χ4n) is 2.21. The van der Waals surface area contributed by atoms with Crippen LogP contribution in [-0.2, 0) is 6.42 Å². The molecule has 86 valence electrons. The van der Waals surface area contributed by atoms with Crippen molar-refractivity contribution in [2.75, 3.05) is 6.61 Å². The van der Waals surface area contributed by atoms with E-state index in [1.54, 1.807) is 0 Å².